The van der Waals surface area contributed by atoms with Gasteiger partial charge in [-0.15, -0.1) is 16.4 Å². The van der Waals surface area contributed by atoms with Crippen LogP contribution < -0.4 is 5.32 Å². The van der Waals surface area contributed by atoms with Gasteiger partial charge in [-0.25, -0.2) is 18.6 Å². The molecule has 1 atom stereocenters. The summed E-state index contributed by atoms with van der Waals surface area (Å²) in [5.41, 5.74) is 1.21. The number of nitrogens with one attached hydrogen (secondary N) is 1. The van der Waals surface area contributed by atoms with Crippen LogP contribution in [0.15, 0.2) is 6.07 Å². The van der Waals surface area contributed by atoms with Crippen LogP contribution in [-0.2, 0) is 17.6 Å². The first kappa shape index (κ1) is 22.3. The third kappa shape index (κ3) is 4.08. The van der Waals surface area contributed by atoms with Crippen LogP contribution in [0.5, 0.6) is 0 Å². The van der Waals surface area contributed by atoms with E-state index in [9.17, 15) is 18.4 Å². The second kappa shape index (κ2) is 8.89. The molecule has 8 nitrogen and oxygen atoms in total. The highest BCUT2D eigenvalue weighted by molar-refractivity contribution is 7.17. The number of aryl methyl sites for hydroxylation is 1. The molecule has 11 heteroatoms. The Hall–Kier alpha value is -2.95. The molecule has 1 aliphatic rings. The maximum atomic E-state index is 13.4. The third-order valence-corrected chi connectivity index (χ3v) is 6.72. The first-order chi connectivity index (χ1) is 15.3. The zero-order chi connectivity index (χ0) is 23.0. The number of nitrogens with zero attached hydrogens (tertiary/aromatic N) is 4. The van der Waals surface area contributed by atoms with Gasteiger partial charge in [-0.3, -0.25) is 4.79 Å². The SMILES string of the molecule is CCOC(=O)c1c(NC(=O)c2nc3nc(C)cc(C(F)F)n3n2)sc2c1CC[C@@H](CC)C2. The number of aromatic nitrogens is 4. The van der Waals surface area contributed by atoms with Gasteiger partial charge in [0, 0.05) is 10.6 Å². The van der Waals surface area contributed by atoms with E-state index in [4.69, 9.17) is 4.74 Å². The number of carbonyl (C=O) groups is 2. The Morgan fingerprint density at radius 1 is 1.34 bits per heavy atom. The lowest BCUT2D eigenvalue weighted by atomic mass is 9.85. The van der Waals surface area contributed by atoms with Crippen LogP contribution in [0, 0.1) is 12.8 Å². The van der Waals surface area contributed by atoms with Crippen molar-refractivity contribution in [2.75, 3.05) is 11.9 Å². The van der Waals surface area contributed by atoms with E-state index in [2.05, 4.69) is 27.3 Å². The van der Waals surface area contributed by atoms with Crippen molar-refractivity contribution in [2.24, 2.45) is 5.92 Å². The van der Waals surface area contributed by atoms with E-state index in [1.165, 1.54) is 17.4 Å². The van der Waals surface area contributed by atoms with Crippen molar-refractivity contribution in [3.05, 3.63) is 39.3 Å². The number of esters is 1. The number of hydrogen-bond acceptors (Lipinski definition) is 7. The molecule has 0 unspecified atom stereocenters. The fourth-order valence-electron chi connectivity index (χ4n) is 3.94. The quantitative estimate of drug-likeness (QED) is 0.545. The van der Waals surface area contributed by atoms with Gasteiger partial charge in [-0.1, -0.05) is 13.3 Å². The number of carbonyl (C=O) groups excluding carboxylic acids is 2. The van der Waals surface area contributed by atoms with Gasteiger partial charge < -0.3 is 10.1 Å². The average molecular weight is 464 g/mol. The summed E-state index contributed by atoms with van der Waals surface area (Å²) < 4.78 is 32.8. The third-order valence-electron chi connectivity index (χ3n) is 5.55. The second-order valence-electron chi connectivity index (χ2n) is 7.67. The molecule has 1 amide bonds. The summed E-state index contributed by atoms with van der Waals surface area (Å²) in [7, 11) is 0. The summed E-state index contributed by atoms with van der Waals surface area (Å²) >= 11 is 1.34. The predicted octanol–water partition coefficient (Wildman–Crippen LogP) is 4.38. The van der Waals surface area contributed by atoms with Crippen LogP contribution in [-0.4, -0.2) is 38.1 Å². The van der Waals surface area contributed by atoms with Crippen LogP contribution in [0.4, 0.5) is 13.8 Å². The molecule has 4 rings (SSSR count). The molecule has 3 aromatic heterocycles. The van der Waals surface area contributed by atoms with E-state index in [1.807, 2.05) is 0 Å². The summed E-state index contributed by atoms with van der Waals surface area (Å²) in [6, 6.07) is 1.20. The van der Waals surface area contributed by atoms with Crippen molar-refractivity contribution in [3.8, 4) is 0 Å². The van der Waals surface area contributed by atoms with Crippen molar-refractivity contribution in [2.45, 2.75) is 52.9 Å². The molecule has 170 valence electrons. The van der Waals surface area contributed by atoms with Crippen LogP contribution in [0.25, 0.3) is 5.78 Å². The van der Waals surface area contributed by atoms with E-state index >= 15 is 0 Å². The molecule has 32 heavy (non-hydrogen) atoms. The highest BCUT2D eigenvalue weighted by atomic mass is 32.1. The van der Waals surface area contributed by atoms with Gasteiger partial charge in [0.2, 0.25) is 5.82 Å². The molecule has 0 spiro atoms. The summed E-state index contributed by atoms with van der Waals surface area (Å²) in [6.45, 7) is 5.63. The lowest BCUT2D eigenvalue weighted by molar-refractivity contribution is 0.0526. The van der Waals surface area contributed by atoms with Gasteiger partial charge in [0.15, 0.2) is 0 Å². The van der Waals surface area contributed by atoms with Gasteiger partial charge in [0.25, 0.3) is 18.1 Å². The lowest BCUT2D eigenvalue weighted by Crippen LogP contribution is -2.18. The Balaban J connectivity index is 1.69. The smallest absolute Gasteiger partial charge is 0.341 e. The van der Waals surface area contributed by atoms with Crippen LogP contribution in [0.3, 0.4) is 0 Å². The molecule has 0 saturated carbocycles. The number of anilines is 1. The van der Waals surface area contributed by atoms with E-state index in [0.717, 1.165) is 40.6 Å². The summed E-state index contributed by atoms with van der Waals surface area (Å²) in [5, 5.41) is 7.00. The summed E-state index contributed by atoms with van der Waals surface area (Å²) in [5.74, 6) is -1.06. The van der Waals surface area contributed by atoms with Gasteiger partial charge >= 0.3 is 5.97 Å². The molecule has 0 saturated heterocycles. The molecule has 3 aromatic rings. The van der Waals surface area contributed by atoms with Crippen molar-refractivity contribution < 1.29 is 23.1 Å². The number of hydrogen-bond donors (Lipinski definition) is 1. The molecule has 0 aliphatic heterocycles. The van der Waals surface area contributed by atoms with E-state index in [1.54, 1.807) is 13.8 Å². The van der Waals surface area contributed by atoms with Crippen LogP contribution in [0.1, 0.15) is 75.9 Å². The predicted molar refractivity (Wildman–Crippen MR) is 115 cm³/mol. The fourth-order valence-corrected chi connectivity index (χ4v) is 5.28. The van der Waals surface area contributed by atoms with Crippen molar-refractivity contribution >= 4 is 34.0 Å². The first-order valence-corrected chi connectivity index (χ1v) is 11.3. The Morgan fingerprint density at radius 2 is 2.12 bits per heavy atom. The Bertz CT molecular complexity index is 1190. The Morgan fingerprint density at radius 3 is 2.81 bits per heavy atom. The maximum Gasteiger partial charge on any atom is 0.341 e. The number of thiophene rings is 1. The van der Waals surface area contributed by atoms with Gasteiger partial charge in [0.1, 0.15) is 10.7 Å². The number of halogens is 2. The van der Waals surface area contributed by atoms with E-state index in [-0.39, 0.29) is 18.2 Å². The first-order valence-electron chi connectivity index (χ1n) is 10.5. The highest BCUT2D eigenvalue weighted by Gasteiger charge is 2.30. The molecule has 3 heterocycles. The van der Waals surface area contributed by atoms with Crippen LogP contribution in [0.2, 0.25) is 0 Å². The maximum absolute atomic E-state index is 13.4. The summed E-state index contributed by atoms with van der Waals surface area (Å²) in [6.07, 6.45) is 0.782. The number of rotatable bonds is 6. The van der Waals surface area contributed by atoms with Crippen molar-refractivity contribution in [1.29, 1.82) is 0 Å². The number of alkyl halides is 2. The normalized spacial score (nSPS) is 15.8. The standard InChI is InChI=1S/C21H23F2N5O3S/c1-4-11-6-7-12-14(9-11)32-19(15(12)20(30)31-5-2)26-18(29)17-25-21-24-10(3)8-13(16(22)23)28(21)27-17/h8,11,16H,4-7,9H2,1-3H3,(H,26,29)/t11-/m1/s1. The molecule has 1 aliphatic carbocycles. The fraction of sp³-hybridized carbons (Fsp3) is 0.476. The largest absolute Gasteiger partial charge is 0.462 e. The zero-order valence-electron chi connectivity index (χ0n) is 17.9. The van der Waals surface area contributed by atoms with E-state index < -0.39 is 24.0 Å². The lowest BCUT2D eigenvalue weighted by Gasteiger charge is -2.20. The zero-order valence-corrected chi connectivity index (χ0v) is 18.8. The molecule has 0 fully saturated rings. The monoisotopic (exact) mass is 463 g/mol. The van der Waals surface area contributed by atoms with Crippen LogP contribution >= 0.6 is 11.3 Å². The molecular weight excluding hydrogens is 440 g/mol. The van der Waals surface area contributed by atoms with E-state index in [0.29, 0.717) is 22.2 Å². The topological polar surface area (TPSA) is 98.5 Å². The van der Waals surface area contributed by atoms with Gasteiger partial charge in [-0.2, -0.15) is 9.50 Å². The molecule has 0 radical (unpaired) electrons. The molecular formula is C21H23F2N5O3S. The second-order valence-corrected chi connectivity index (χ2v) is 8.78. The highest BCUT2D eigenvalue weighted by Crippen LogP contribution is 2.41. The summed E-state index contributed by atoms with van der Waals surface area (Å²) in [4.78, 5) is 34.7. The van der Waals surface area contributed by atoms with Crippen molar-refractivity contribution in [1.82, 2.24) is 19.6 Å². The minimum Gasteiger partial charge on any atom is -0.462 e. The minimum absolute atomic E-state index is 0.0904. The molecule has 1 N–H and O–H groups in total. The number of fused-ring (bicyclic) bond motifs is 2. The molecule has 0 bridgehead atoms. The Kier molecular flexibility index (Phi) is 6.18. The molecule has 0 aromatic carbocycles. The van der Waals surface area contributed by atoms with Gasteiger partial charge in [-0.05, 0) is 50.7 Å². The number of amides is 1. The Labute approximate surface area is 187 Å². The average Bonchev–Trinajstić information content (AvgIpc) is 3.33. The van der Waals surface area contributed by atoms with Gasteiger partial charge in [0.05, 0.1) is 12.2 Å². The van der Waals surface area contributed by atoms with Crippen molar-refractivity contribution in [3.63, 3.8) is 0 Å². The minimum atomic E-state index is -2.80. The number of ether oxygens (including phenoxy) is 1.